The zero-order valence-electron chi connectivity index (χ0n) is 9.97. The average Bonchev–Trinajstić information content (AvgIpc) is 2.38. The Balaban J connectivity index is 3.14. The lowest BCUT2D eigenvalue weighted by atomic mass is 10.1. The van der Waals surface area contributed by atoms with E-state index in [9.17, 15) is 4.79 Å². The first kappa shape index (κ1) is 13.6. The highest BCUT2D eigenvalue weighted by atomic mass is 32.1. The van der Waals surface area contributed by atoms with Crippen LogP contribution in [0.4, 0.5) is 0 Å². The Kier molecular flexibility index (Phi) is 5.63. The number of carbonyl (C=O) groups excluding carboxylic acids is 1. The first-order valence-corrected chi connectivity index (χ1v) is 5.88. The van der Waals surface area contributed by atoms with Crippen LogP contribution in [0.2, 0.25) is 0 Å². The number of methoxy groups -OCH3 is 2. The minimum atomic E-state index is 0.556. The number of hydrogen-bond donors (Lipinski definition) is 1. The first-order chi connectivity index (χ1) is 8.26. The number of benzene rings is 1. The lowest BCUT2D eigenvalue weighted by molar-refractivity contribution is 0.112. The van der Waals surface area contributed by atoms with E-state index in [0.717, 1.165) is 24.0 Å². The molecular weight excluding hydrogens is 236 g/mol. The largest absolute Gasteiger partial charge is 0.493 e. The molecule has 0 saturated carbocycles. The van der Waals surface area contributed by atoms with Gasteiger partial charge in [-0.25, -0.2) is 0 Å². The second-order valence-electron chi connectivity index (χ2n) is 3.37. The van der Waals surface area contributed by atoms with E-state index in [4.69, 9.17) is 9.47 Å². The molecule has 0 aliphatic carbocycles. The molecular formula is C13H16O3S. The van der Waals surface area contributed by atoms with Crippen LogP contribution in [-0.4, -0.2) is 26.3 Å². The molecule has 0 aliphatic rings. The summed E-state index contributed by atoms with van der Waals surface area (Å²) in [4.78, 5) is 11.0. The predicted octanol–water partition coefficient (Wildman–Crippen LogP) is 2.85. The molecule has 0 N–H and O–H groups in total. The number of hydrogen-bond acceptors (Lipinski definition) is 4. The number of aldehydes is 1. The third kappa shape index (κ3) is 3.53. The van der Waals surface area contributed by atoms with Crippen LogP contribution in [0.15, 0.2) is 18.2 Å². The molecule has 0 amide bonds. The maximum absolute atomic E-state index is 11.0. The number of ether oxygens (including phenoxy) is 2. The summed E-state index contributed by atoms with van der Waals surface area (Å²) in [5, 5.41) is 0. The lowest BCUT2D eigenvalue weighted by Crippen LogP contribution is -1.95. The standard InChI is InChI=1S/C13H16O3S/c1-15-12-7-10(5-3-4-6-17)11(9-14)8-13(12)16-2/h3,5,7-9,17H,4,6H2,1-2H3. The SMILES string of the molecule is COc1cc(C=O)c(C=CCCS)cc1OC. The third-order valence-corrected chi connectivity index (χ3v) is 2.57. The molecule has 0 spiro atoms. The van der Waals surface area contributed by atoms with Gasteiger partial charge in [0.05, 0.1) is 14.2 Å². The summed E-state index contributed by atoms with van der Waals surface area (Å²) in [6.07, 6.45) is 5.53. The topological polar surface area (TPSA) is 35.5 Å². The van der Waals surface area contributed by atoms with Crippen molar-refractivity contribution >= 4 is 25.0 Å². The zero-order chi connectivity index (χ0) is 12.7. The van der Waals surface area contributed by atoms with Crippen LogP contribution in [0.25, 0.3) is 6.08 Å². The van der Waals surface area contributed by atoms with E-state index in [1.807, 2.05) is 12.2 Å². The Morgan fingerprint density at radius 1 is 1.18 bits per heavy atom. The zero-order valence-corrected chi connectivity index (χ0v) is 10.9. The normalized spacial score (nSPS) is 10.5. The van der Waals surface area contributed by atoms with E-state index in [2.05, 4.69) is 12.6 Å². The lowest BCUT2D eigenvalue weighted by Gasteiger charge is -2.10. The van der Waals surface area contributed by atoms with Crippen LogP contribution in [0.5, 0.6) is 11.5 Å². The van der Waals surface area contributed by atoms with Gasteiger partial charge in [0, 0.05) is 5.56 Å². The van der Waals surface area contributed by atoms with Gasteiger partial charge in [0.15, 0.2) is 17.8 Å². The molecule has 17 heavy (non-hydrogen) atoms. The van der Waals surface area contributed by atoms with Gasteiger partial charge in [-0.3, -0.25) is 4.79 Å². The molecule has 0 unspecified atom stereocenters. The van der Waals surface area contributed by atoms with Crippen molar-refractivity contribution in [3.63, 3.8) is 0 Å². The fourth-order valence-electron chi connectivity index (χ4n) is 1.44. The molecule has 0 aromatic heterocycles. The Bertz CT molecular complexity index is 413. The van der Waals surface area contributed by atoms with Gasteiger partial charge in [-0.05, 0) is 29.9 Å². The molecule has 1 aromatic carbocycles. The first-order valence-electron chi connectivity index (χ1n) is 5.25. The average molecular weight is 252 g/mol. The minimum absolute atomic E-state index is 0.556. The summed E-state index contributed by atoms with van der Waals surface area (Å²) in [5.74, 6) is 1.95. The molecule has 0 aliphatic heterocycles. The van der Waals surface area contributed by atoms with Gasteiger partial charge in [-0.2, -0.15) is 12.6 Å². The predicted molar refractivity (Wildman–Crippen MR) is 72.4 cm³/mol. The second kappa shape index (κ2) is 7.01. The molecule has 0 radical (unpaired) electrons. The highest BCUT2D eigenvalue weighted by Gasteiger charge is 2.08. The summed E-state index contributed by atoms with van der Waals surface area (Å²) in [6, 6.07) is 3.46. The van der Waals surface area contributed by atoms with Crippen LogP contribution in [0.3, 0.4) is 0 Å². The fourth-order valence-corrected chi connectivity index (χ4v) is 1.59. The number of allylic oxidation sites excluding steroid dienone is 1. The second-order valence-corrected chi connectivity index (χ2v) is 3.82. The number of carbonyl (C=O) groups is 1. The van der Waals surface area contributed by atoms with E-state index >= 15 is 0 Å². The van der Waals surface area contributed by atoms with E-state index in [0.29, 0.717) is 17.1 Å². The monoisotopic (exact) mass is 252 g/mol. The molecule has 0 atom stereocenters. The number of rotatable bonds is 6. The molecule has 3 nitrogen and oxygen atoms in total. The maximum Gasteiger partial charge on any atom is 0.161 e. The Labute approximate surface area is 107 Å². The van der Waals surface area contributed by atoms with Gasteiger partial charge in [-0.15, -0.1) is 0 Å². The van der Waals surface area contributed by atoms with Gasteiger partial charge in [0.2, 0.25) is 0 Å². The Morgan fingerprint density at radius 3 is 2.24 bits per heavy atom. The van der Waals surface area contributed by atoms with Crippen molar-refractivity contribution in [2.24, 2.45) is 0 Å². The summed E-state index contributed by atoms with van der Waals surface area (Å²) < 4.78 is 10.3. The van der Waals surface area contributed by atoms with Gasteiger partial charge in [-0.1, -0.05) is 12.2 Å². The van der Waals surface area contributed by atoms with Gasteiger partial charge < -0.3 is 9.47 Å². The van der Waals surface area contributed by atoms with Crippen LogP contribution in [0.1, 0.15) is 22.3 Å². The van der Waals surface area contributed by atoms with Gasteiger partial charge in [0.1, 0.15) is 0 Å². The van der Waals surface area contributed by atoms with Crippen LogP contribution in [0, 0.1) is 0 Å². The van der Waals surface area contributed by atoms with Crippen molar-refractivity contribution < 1.29 is 14.3 Å². The smallest absolute Gasteiger partial charge is 0.161 e. The molecule has 1 rings (SSSR count). The van der Waals surface area contributed by atoms with Crippen LogP contribution >= 0.6 is 12.6 Å². The Morgan fingerprint density at radius 2 is 1.76 bits per heavy atom. The molecule has 92 valence electrons. The van der Waals surface area contributed by atoms with E-state index < -0.39 is 0 Å². The molecule has 4 heteroatoms. The summed E-state index contributed by atoms with van der Waals surface area (Å²) in [6.45, 7) is 0. The van der Waals surface area contributed by atoms with Crippen molar-refractivity contribution in [1.82, 2.24) is 0 Å². The van der Waals surface area contributed by atoms with Crippen molar-refractivity contribution in [3.05, 3.63) is 29.3 Å². The van der Waals surface area contributed by atoms with Gasteiger partial charge >= 0.3 is 0 Å². The maximum atomic E-state index is 11.0. The minimum Gasteiger partial charge on any atom is -0.493 e. The fraction of sp³-hybridized carbons (Fsp3) is 0.308. The Hall–Kier alpha value is -1.42. The molecule has 0 saturated heterocycles. The number of thiol groups is 1. The van der Waals surface area contributed by atoms with Crippen molar-refractivity contribution in [3.8, 4) is 11.5 Å². The van der Waals surface area contributed by atoms with E-state index in [1.165, 1.54) is 0 Å². The van der Waals surface area contributed by atoms with Crippen LogP contribution < -0.4 is 9.47 Å². The van der Waals surface area contributed by atoms with Crippen molar-refractivity contribution in [2.45, 2.75) is 6.42 Å². The van der Waals surface area contributed by atoms with Crippen LogP contribution in [-0.2, 0) is 0 Å². The highest BCUT2D eigenvalue weighted by molar-refractivity contribution is 7.80. The van der Waals surface area contributed by atoms with Gasteiger partial charge in [0.25, 0.3) is 0 Å². The molecule has 0 heterocycles. The quantitative estimate of drug-likeness (QED) is 0.624. The summed E-state index contributed by atoms with van der Waals surface area (Å²) in [5.41, 5.74) is 1.40. The molecule has 0 fully saturated rings. The third-order valence-electron chi connectivity index (χ3n) is 2.31. The summed E-state index contributed by atoms with van der Waals surface area (Å²) >= 11 is 4.12. The molecule has 1 aromatic rings. The highest BCUT2D eigenvalue weighted by Crippen LogP contribution is 2.30. The van der Waals surface area contributed by atoms with Crippen molar-refractivity contribution in [2.75, 3.05) is 20.0 Å². The summed E-state index contributed by atoms with van der Waals surface area (Å²) in [7, 11) is 3.11. The van der Waals surface area contributed by atoms with E-state index in [1.54, 1.807) is 26.4 Å². The molecule has 0 bridgehead atoms. The van der Waals surface area contributed by atoms with E-state index in [-0.39, 0.29) is 0 Å². The van der Waals surface area contributed by atoms with Crippen molar-refractivity contribution in [1.29, 1.82) is 0 Å².